The molecule has 0 aliphatic carbocycles. The van der Waals surface area contributed by atoms with Crippen LogP contribution in [0.5, 0.6) is 0 Å². The molecule has 2 aromatic carbocycles. The second kappa shape index (κ2) is 8.36. The fourth-order valence-electron chi connectivity index (χ4n) is 3.02. The van der Waals surface area contributed by atoms with Gasteiger partial charge in [0.15, 0.2) is 11.6 Å². The summed E-state index contributed by atoms with van der Waals surface area (Å²) < 4.78 is 68.0. The molecule has 0 saturated heterocycles. The Morgan fingerprint density at radius 2 is 1.81 bits per heavy atom. The number of ketones is 1. The number of hydrogen-bond donors (Lipinski definition) is 2. The number of pyridine rings is 1. The Morgan fingerprint density at radius 3 is 2.50 bits per heavy atom. The van der Waals surface area contributed by atoms with E-state index in [0.717, 1.165) is 24.3 Å². The summed E-state index contributed by atoms with van der Waals surface area (Å²) in [5.74, 6) is -1.61. The number of alkyl halides is 3. The van der Waals surface area contributed by atoms with Crippen molar-refractivity contribution < 1.29 is 26.6 Å². The lowest BCUT2D eigenvalue weighted by atomic mass is 10.0. The largest absolute Gasteiger partial charge is 0.416 e. The number of halogens is 5. The molecule has 2 N–H and O–H groups in total. The van der Waals surface area contributed by atoms with E-state index in [4.69, 9.17) is 11.6 Å². The molecular formula is C21H12ClF4N3O2S. The van der Waals surface area contributed by atoms with Crippen molar-refractivity contribution in [2.75, 3.05) is 4.72 Å². The van der Waals surface area contributed by atoms with Gasteiger partial charge < -0.3 is 4.98 Å². The first-order valence-corrected chi connectivity index (χ1v) is 10.5. The van der Waals surface area contributed by atoms with Crippen LogP contribution in [-0.2, 0) is 17.2 Å². The van der Waals surface area contributed by atoms with Crippen LogP contribution in [0.4, 0.5) is 23.2 Å². The number of rotatable bonds is 5. The SMILES string of the molecule is O=C(c1cccc(NS(=O)c2ccc(C(F)(F)F)cc2)c1F)c1c[nH]c2ncc(Cl)cc12. The van der Waals surface area contributed by atoms with Gasteiger partial charge in [-0.1, -0.05) is 17.7 Å². The molecule has 0 radical (unpaired) electrons. The predicted octanol–water partition coefficient (Wildman–Crippen LogP) is 5.74. The molecular weight excluding hydrogens is 470 g/mol. The van der Waals surface area contributed by atoms with E-state index < -0.39 is 34.3 Å². The molecule has 0 spiro atoms. The average Bonchev–Trinajstić information content (AvgIpc) is 3.17. The van der Waals surface area contributed by atoms with Crippen LogP contribution >= 0.6 is 11.6 Å². The number of carbonyl (C=O) groups excluding carboxylic acids is 1. The molecule has 0 amide bonds. The van der Waals surface area contributed by atoms with E-state index in [0.29, 0.717) is 16.1 Å². The number of fused-ring (bicyclic) bond motifs is 1. The zero-order valence-electron chi connectivity index (χ0n) is 15.8. The first-order valence-electron chi connectivity index (χ1n) is 8.96. The molecule has 1 atom stereocenters. The second-order valence-corrected chi connectivity index (χ2v) is 8.29. The number of aromatic amines is 1. The molecule has 2 aromatic heterocycles. The van der Waals surface area contributed by atoms with Gasteiger partial charge >= 0.3 is 6.18 Å². The number of nitrogens with zero attached hydrogens (tertiary/aromatic N) is 1. The van der Waals surface area contributed by atoms with E-state index in [-0.39, 0.29) is 21.7 Å². The lowest BCUT2D eigenvalue weighted by molar-refractivity contribution is -0.137. The fraction of sp³-hybridized carbons (Fsp3) is 0.0476. The van der Waals surface area contributed by atoms with Crippen molar-refractivity contribution in [1.29, 1.82) is 0 Å². The minimum Gasteiger partial charge on any atom is -0.345 e. The molecule has 11 heteroatoms. The highest BCUT2D eigenvalue weighted by atomic mass is 35.5. The number of H-pyrrole nitrogens is 1. The molecule has 1 unspecified atom stereocenters. The summed E-state index contributed by atoms with van der Waals surface area (Å²) in [5.41, 5.74) is -0.888. The maximum Gasteiger partial charge on any atom is 0.416 e. The molecule has 0 saturated carbocycles. The van der Waals surface area contributed by atoms with Crippen LogP contribution in [0.25, 0.3) is 11.0 Å². The van der Waals surface area contributed by atoms with Gasteiger partial charge in [-0.3, -0.25) is 9.52 Å². The third-order valence-electron chi connectivity index (χ3n) is 4.58. The monoisotopic (exact) mass is 481 g/mol. The number of nitrogens with one attached hydrogen (secondary N) is 2. The molecule has 2 heterocycles. The lowest BCUT2D eigenvalue weighted by Crippen LogP contribution is -2.11. The van der Waals surface area contributed by atoms with Crippen molar-refractivity contribution in [3.8, 4) is 0 Å². The van der Waals surface area contributed by atoms with E-state index in [1.54, 1.807) is 0 Å². The summed E-state index contributed by atoms with van der Waals surface area (Å²) in [4.78, 5) is 19.8. The van der Waals surface area contributed by atoms with Crippen molar-refractivity contribution in [1.82, 2.24) is 9.97 Å². The number of hydrogen-bond acceptors (Lipinski definition) is 3. The standard InChI is InChI=1S/C21H12ClF4N3O2S/c22-12-8-15-16(10-28-20(15)27-9-12)19(30)14-2-1-3-17(18(14)23)29-32(31)13-6-4-11(5-7-13)21(24,25)26/h1-10,29H,(H,27,28). The van der Waals surface area contributed by atoms with Crippen LogP contribution in [-0.4, -0.2) is 20.0 Å². The minimum atomic E-state index is -4.53. The highest BCUT2D eigenvalue weighted by molar-refractivity contribution is 7.86. The van der Waals surface area contributed by atoms with Crippen molar-refractivity contribution >= 4 is 45.1 Å². The molecule has 0 fully saturated rings. The quantitative estimate of drug-likeness (QED) is 0.282. The Morgan fingerprint density at radius 1 is 1.09 bits per heavy atom. The van der Waals surface area contributed by atoms with Crippen molar-refractivity contribution in [3.63, 3.8) is 0 Å². The highest BCUT2D eigenvalue weighted by Crippen LogP contribution is 2.30. The molecule has 32 heavy (non-hydrogen) atoms. The third kappa shape index (κ3) is 4.23. The van der Waals surface area contributed by atoms with Crippen LogP contribution < -0.4 is 4.72 Å². The summed E-state index contributed by atoms with van der Waals surface area (Å²) in [6.45, 7) is 0. The smallest absolute Gasteiger partial charge is 0.345 e. The van der Waals surface area contributed by atoms with E-state index in [1.165, 1.54) is 36.7 Å². The summed E-state index contributed by atoms with van der Waals surface area (Å²) >= 11 is 5.94. The molecule has 164 valence electrons. The van der Waals surface area contributed by atoms with E-state index in [1.807, 2.05) is 0 Å². The van der Waals surface area contributed by atoms with Gasteiger partial charge in [0.2, 0.25) is 0 Å². The van der Waals surface area contributed by atoms with Gasteiger partial charge in [-0.25, -0.2) is 13.6 Å². The first-order chi connectivity index (χ1) is 15.1. The summed E-state index contributed by atoms with van der Waals surface area (Å²) in [5, 5.41) is 0.711. The van der Waals surface area contributed by atoms with Gasteiger partial charge in [-0.15, -0.1) is 0 Å². The third-order valence-corrected chi connectivity index (χ3v) is 5.90. The van der Waals surface area contributed by atoms with E-state index in [2.05, 4.69) is 14.7 Å². The lowest BCUT2D eigenvalue weighted by Gasteiger charge is -2.11. The summed E-state index contributed by atoms with van der Waals surface area (Å²) in [6, 6.07) is 9.06. The van der Waals surface area contributed by atoms with Gasteiger partial charge in [-0.2, -0.15) is 13.2 Å². The number of aromatic nitrogens is 2. The fourth-order valence-corrected chi connectivity index (χ4v) is 4.04. The number of benzene rings is 2. The zero-order chi connectivity index (χ0) is 23.0. The van der Waals surface area contributed by atoms with Gasteiger partial charge in [0.25, 0.3) is 0 Å². The number of carbonyl (C=O) groups is 1. The maximum absolute atomic E-state index is 15.1. The molecule has 5 nitrogen and oxygen atoms in total. The Labute approximate surface area is 186 Å². The van der Waals surface area contributed by atoms with Crippen molar-refractivity contribution in [3.05, 3.63) is 88.5 Å². The van der Waals surface area contributed by atoms with E-state index >= 15 is 4.39 Å². The minimum absolute atomic E-state index is 0.00599. The van der Waals surface area contributed by atoms with Crippen LogP contribution in [0.1, 0.15) is 21.5 Å². The molecule has 0 bridgehead atoms. The Bertz CT molecular complexity index is 1350. The van der Waals surface area contributed by atoms with Gasteiger partial charge in [0, 0.05) is 23.3 Å². The topological polar surface area (TPSA) is 74.8 Å². The molecule has 4 rings (SSSR count). The first kappa shape index (κ1) is 22.0. The van der Waals surface area contributed by atoms with E-state index in [9.17, 15) is 22.2 Å². The second-order valence-electron chi connectivity index (χ2n) is 6.64. The Kier molecular flexibility index (Phi) is 5.74. The van der Waals surface area contributed by atoms with Crippen molar-refractivity contribution in [2.24, 2.45) is 0 Å². The van der Waals surface area contributed by atoms with Crippen LogP contribution in [0, 0.1) is 5.82 Å². The predicted molar refractivity (Wildman–Crippen MR) is 112 cm³/mol. The summed E-state index contributed by atoms with van der Waals surface area (Å²) in [6.07, 6.45) is -1.75. The molecule has 0 aliphatic heterocycles. The van der Waals surface area contributed by atoms with Gasteiger partial charge in [0.05, 0.1) is 26.7 Å². The Balaban J connectivity index is 1.61. The summed E-state index contributed by atoms with van der Waals surface area (Å²) in [7, 11) is -2.07. The Hall–Kier alpha value is -3.24. The maximum atomic E-state index is 15.1. The van der Waals surface area contributed by atoms with Gasteiger partial charge in [-0.05, 0) is 42.5 Å². The average molecular weight is 482 g/mol. The van der Waals surface area contributed by atoms with Crippen LogP contribution in [0.3, 0.4) is 0 Å². The normalized spacial score (nSPS) is 12.7. The molecule has 4 aromatic rings. The van der Waals surface area contributed by atoms with Crippen LogP contribution in [0.15, 0.2) is 65.8 Å². The number of anilines is 1. The van der Waals surface area contributed by atoms with Crippen molar-refractivity contribution in [2.45, 2.75) is 11.1 Å². The van der Waals surface area contributed by atoms with Crippen LogP contribution in [0.2, 0.25) is 5.02 Å². The van der Waals surface area contributed by atoms with Gasteiger partial charge in [0.1, 0.15) is 16.6 Å². The molecule has 0 aliphatic rings. The zero-order valence-corrected chi connectivity index (χ0v) is 17.4. The highest BCUT2D eigenvalue weighted by Gasteiger charge is 2.30.